The molecular formula is C9H13N3O4S. The van der Waals surface area contributed by atoms with E-state index < -0.39 is 17.9 Å². The predicted octanol–water partition coefficient (Wildman–Crippen LogP) is 0.148. The van der Waals surface area contributed by atoms with Gasteiger partial charge >= 0.3 is 5.97 Å². The topological polar surface area (TPSA) is 101 Å². The predicted molar refractivity (Wildman–Crippen MR) is 59.9 cm³/mol. The minimum absolute atomic E-state index is 0.132. The molecule has 0 fully saturated rings. The molecule has 0 aliphatic rings. The Kier molecular flexibility index (Phi) is 5.50. The standard InChI is InChI=1S/C9H13N3O4S/c1-16-4-2-3-6(9(14)15)10-8(13)7-5-17-12-11-7/h5-6H,2-4H2,1H3,(H,10,13)(H,14,15). The Morgan fingerprint density at radius 1 is 1.65 bits per heavy atom. The van der Waals surface area contributed by atoms with Gasteiger partial charge in [-0.25, -0.2) is 4.79 Å². The second-order valence-electron chi connectivity index (χ2n) is 3.29. The molecular weight excluding hydrogens is 246 g/mol. The Balaban J connectivity index is 2.49. The number of nitrogens with zero attached hydrogens (tertiary/aromatic N) is 2. The fourth-order valence-electron chi connectivity index (χ4n) is 1.18. The monoisotopic (exact) mass is 259 g/mol. The van der Waals surface area contributed by atoms with Crippen molar-refractivity contribution in [3.63, 3.8) is 0 Å². The lowest BCUT2D eigenvalue weighted by molar-refractivity contribution is -0.139. The Bertz CT molecular complexity index is 368. The van der Waals surface area contributed by atoms with Crippen molar-refractivity contribution in [2.75, 3.05) is 13.7 Å². The highest BCUT2D eigenvalue weighted by atomic mass is 32.1. The SMILES string of the molecule is COCCCC(NC(=O)c1csnn1)C(=O)O. The number of aliphatic carboxylic acids is 1. The van der Waals surface area contributed by atoms with Crippen molar-refractivity contribution in [3.05, 3.63) is 11.1 Å². The summed E-state index contributed by atoms with van der Waals surface area (Å²) in [6, 6.07) is -0.931. The zero-order chi connectivity index (χ0) is 12.7. The van der Waals surface area contributed by atoms with Crippen LogP contribution in [0.3, 0.4) is 0 Å². The number of carboxylic acid groups (broad SMARTS) is 1. The molecule has 0 saturated heterocycles. The molecule has 7 nitrogen and oxygen atoms in total. The maximum Gasteiger partial charge on any atom is 0.326 e. The van der Waals surface area contributed by atoms with Crippen molar-refractivity contribution in [3.8, 4) is 0 Å². The van der Waals surface area contributed by atoms with Gasteiger partial charge in [0, 0.05) is 19.1 Å². The van der Waals surface area contributed by atoms with Crippen LogP contribution in [-0.4, -0.2) is 46.3 Å². The lowest BCUT2D eigenvalue weighted by atomic mass is 10.1. The van der Waals surface area contributed by atoms with Gasteiger partial charge in [0.05, 0.1) is 0 Å². The van der Waals surface area contributed by atoms with Gasteiger partial charge in [-0.05, 0) is 24.4 Å². The number of nitrogens with one attached hydrogen (secondary N) is 1. The van der Waals surface area contributed by atoms with Gasteiger partial charge in [-0.15, -0.1) is 5.10 Å². The summed E-state index contributed by atoms with van der Waals surface area (Å²) in [7, 11) is 1.54. The Morgan fingerprint density at radius 2 is 2.41 bits per heavy atom. The van der Waals surface area contributed by atoms with Crippen molar-refractivity contribution in [1.29, 1.82) is 0 Å². The van der Waals surface area contributed by atoms with E-state index in [2.05, 4.69) is 14.9 Å². The van der Waals surface area contributed by atoms with E-state index in [1.54, 1.807) is 0 Å². The first-order chi connectivity index (χ1) is 8.15. The van der Waals surface area contributed by atoms with Gasteiger partial charge in [0.1, 0.15) is 6.04 Å². The number of hydrogen-bond donors (Lipinski definition) is 2. The molecule has 0 aromatic carbocycles. The van der Waals surface area contributed by atoms with Gasteiger partial charge in [0.2, 0.25) is 0 Å². The molecule has 1 unspecified atom stereocenters. The van der Waals surface area contributed by atoms with E-state index in [-0.39, 0.29) is 5.69 Å². The first-order valence-corrected chi connectivity index (χ1v) is 5.78. The Hall–Kier alpha value is -1.54. The lowest BCUT2D eigenvalue weighted by Gasteiger charge is -2.12. The minimum Gasteiger partial charge on any atom is -0.480 e. The Morgan fingerprint density at radius 3 is 2.94 bits per heavy atom. The Labute approximate surface area is 102 Å². The zero-order valence-electron chi connectivity index (χ0n) is 9.25. The maximum atomic E-state index is 11.6. The van der Waals surface area contributed by atoms with Crippen LogP contribution in [0, 0.1) is 0 Å². The van der Waals surface area contributed by atoms with E-state index in [1.807, 2.05) is 0 Å². The van der Waals surface area contributed by atoms with Crippen LogP contribution >= 0.6 is 11.5 Å². The van der Waals surface area contributed by atoms with E-state index in [4.69, 9.17) is 9.84 Å². The zero-order valence-corrected chi connectivity index (χ0v) is 10.1. The summed E-state index contributed by atoms with van der Waals surface area (Å²) in [6.07, 6.45) is 0.871. The average Bonchev–Trinajstić information content (AvgIpc) is 2.81. The summed E-state index contributed by atoms with van der Waals surface area (Å²) in [6.45, 7) is 0.456. The first kappa shape index (κ1) is 13.5. The molecule has 0 spiro atoms. The van der Waals surface area contributed by atoms with E-state index in [1.165, 1.54) is 12.5 Å². The van der Waals surface area contributed by atoms with Crippen LogP contribution < -0.4 is 5.32 Å². The maximum absolute atomic E-state index is 11.6. The molecule has 17 heavy (non-hydrogen) atoms. The molecule has 1 heterocycles. The second kappa shape index (κ2) is 6.92. The fourth-order valence-corrected chi connectivity index (χ4v) is 1.62. The number of ether oxygens (including phenoxy) is 1. The van der Waals surface area contributed by atoms with E-state index in [9.17, 15) is 9.59 Å². The quantitative estimate of drug-likeness (QED) is 0.676. The van der Waals surface area contributed by atoms with Crippen LogP contribution in [0.1, 0.15) is 23.3 Å². The van der Waals surface area contributed by atoms with Crippen molar-refractivity contribution in [2.45, 2.75) is 18.9 Å². The number of carbonyl (C=O) groups is 2. The average molecular weight is 259 g/mol. The lowest BCUT2D eigenvalue weighted by Crippen LogP contribution is -2.41. The molecule has 0 aliphatic heterocycles. The van der Waals surface area contributed by atoms with E-state index >= 15 is 0 Å². The third kappa shape index (κ3) is 4.45. The van der Waals surface area contributed by atoms with Crippen molar-refractivity contribution in [2.24, 2.45) is 0 Å². The normalized spacial score (nSPS) is 12.1. The van der Waals surface area contributed by atoms with Crippen molar-refractivity contribution < 1.29 is 19.4 Å². The van der Waals surface area contributed by atoms with Crippen molar-refractivity contribution in [1.82, 2.24) is 14.9 Å². The summed E-state index contributed by atoms with van der Waals surface area (Å²) in [5, 5.41) is 16.3. The van der Waals surface area contributed by atoms with Gasteiger partial charge in [-0.1, -0.05) is 4.49 Å². The summed E-state index contributed by atoms with van der Waals surface area (Å²) in [5.41, 5.74) is 0.132. The molecule has 0 saturated carbocycles. The molecule has 0 bridgehead atoms. The number of amides is 1. The molecule has 1 rings (SSSR count). The number of carboxylic acids is 1. The van der Waals surface area contributed by atoms with Crippen LogP contribution in [-0.2, 0) is 9.53 Å². The molecule has 2 N–H and O–H groups in total. The van der Waals surface area contributed by atoms with Crippen LogP contribution in [0.5, 0.6) is 0 Å². The molecule has 1 amide bonds. The molecule has 1 aromatic heterocycles. The molecule has 94 valence electrons. The van der Waals surface area contributed by atoms with E-state index in [0.29, 0.717) is 19.4 Å². The van der Waals surface area contributed by atoms with Crippen LogP contribution in [0.25, 0.3) is 0 Å². The summed E-state index contributed by atoms with van der Waals surface area (Å²) < 4.78 is 8.36. The van der Waals surface area contributed by atoms with Crippen molar-refractivity contribution >= 4 is 23.4 Å². The van der Waals surface area contributed by atoms with Gasteiger partial charge in [0.25, 0.3) is 5.91 Å². The fraction of sp³-hybridized carbons (Fsp3) is 0.556. The highest BCUT2D eigenvalue weighted by Gasteiger charge is 2.21. The summed E-state index contributed by atoms with van der Waals surface area (Å²) >= 11 is 1.04. The highest BCUT2D eigenvalue weighted by Crippen LogP contribution is 2.02. The van der Waals surface area contributed by atoms with Crippen LogP contribution in [0.4, 0.5) is 0 Å². The van der Waals surface area contributed by atoms with Crippen LogP contribution in [0.15, 0.2) is 5.38 Å². The smallest absolute Gasteiger partial charge is 0.326 e. The highest BCUT2D eigenvalue weighted by molar-refractivity contribution is 7.03. The molecule has 1 atom stereocenters. The number of aromatic nitrogens is 2. The molecule has 8 heteroatoms. The van der Waals surface area contributed by atoms with Gasteiger partial charge in [-0.2, -0.15) is 0 Å². The number of methoxy groups -OCH3 is 1. The number of hydrogen-bond acceptors (Lipinski definition) is 6. The number of carbonyl (C=O) groups excluding carboxylic acids is 1. The third-order valence-electron chi connectivity index (χ3n) is 2.04. The first-order valence-electron chi connectivity index (χ1n) is 4.94. The van der Waals surface area contributed by atoms with Gasteiger partial charge in [-0.3, -0.25) is 4.79 Å². The third-order valence-corrected chi connectivity index (χ3v) is 2.54. The van der Waals surface area contributed by atoms with Gasteiger partial charge < -0.3 is 15.2 Å². The van der Waals surface area contributed by atoms with E-state index in [0.717, 1.165) is 11.5 Å². The van der Waals surface area contributed by atoms with Gasteiger partial charge in [0.15, 0.2) is 5.69 Å². The number of rotatable bonds is 7. The second-order valence-corrected chi connectivity index (χ2v) is 3.90. The summed E-state index contributed by atoms with van der Waals surface area (Å²) in [4.78, 5) is 22.5. The minimum atomic E-state index is -1.07. The molecule has 0 aliphatic carbocycles. The molecule has 1 aromatic rings. The molecule has 0 radical (unpaired) electrons. The van der Waals surface area contributed by atoms with Crippen LogP contribution in [0.2, 0.25) is 0 Å². The summed E-state index contributed by atoms with van der Waals surface area (Å²) in [5.74, 6) is -1.60. The largest absolute Gasteiger partial charge is 0.480 e.